The maximum Gasteiger partial charge on any atom is 0.261 e. The van der Waals surface area contributed by atoms with E-state index in [1.807, 2.05) is 44.2 Å². The summed E-state index contributed by atoms with van der Waals surface area (Å²) >= 11 is 0. The number of carbonyl (C=O) groups is 1. The normalized spacial score (nSPS) is 13.2. The minimum atomic E-state index is -0.477. The third-order valence-electron chi connectivity index (χ3n) is 3.93. The number of aryl methyl sites for hydroxylation is 1. The van der Waals surface area contributed by atoms with Gasteiger partial charge in [-0.25, -0.2) is 0 Å². The van der Waals surface area contributed by atoms with Crippen LogP contribution in [0.4, 0.5) is 0 Å². The van der Waals surface area contributed by atoms with Crippen molar-refractivity contribution in [1.82, 2.24) is 5.32 Å². The van der Waals surface area contributed by atoms with Crippen LogP contribution in [0.2, 0.25) is 0 Å². The highest BCUT2D eigenvalue weighted by molar-refractivity contribution is 5.81. The summed E-state index contributed by atoms with van der Waals surface area (Å²) in [5, 5.41) is 3.04. The fraction of sp³-hybridized carbons (Fsp3) is 0.350. The van der Waals surface area contributed by atoms with Crippen molar-refractivity contribution in [1.29, 1.82) is 0 Å². The van der Waals surface area contributed by atoms with Crippen LogP contribution < -0.4 is 10.1 Å². The second kappa shape index (κ2) is 8.37. The molecular weight excluding hydrogens is 286 g/mol. The molecular formula is C20H25NO2. The van der Waals surface area contributed by atoms with Crippen LogP contribution >= 0.6 is 0 Å². The van der Waals surface area contributed by atoms with Gasteiger partial charge >= 0.3 is 0 Å². The first-order valence-corrected chi connectivity index (χ1v) is 8.25. The van der Waals surface area contributed by atoms with Crippen LogP contribution in [0, 0.1) is 0 Å². The van der Waals surface area contributed by atoms with Gasteiger partial charge < -0.3 is 10.1 Å². The van der Waals surface area contributed by atoms with Gasteiger partial charge in [0, 0.05) is 0 Å². The molecule has 0 aliphatic rings. The van der Waals surface area contributed by atoms with E-state index in [-0.39, 0.29) is 11.9 Å². The standard InChI is InChI=1S/C20H25NO2/c1-4-16-11-13-17(14-12-16)15(3)21-20(22)19(5-2)23-18-9-7-6-8-10-18/h6-15,19H,4-5H2,1-3H3,(H,21,22)/t15-,19+/m1/s1. The summed E-state index contributed by atoms with van der Waals surface area (Å²) in [6.45, 7) is 6.08. The molecule has 2 rings (SSSR count). The maximum atomic E-state index is 12.4. The molecule has 122 valence electrons. The molecule has 3 nitrogen and oxygen atoms in total. The first kappa shape index (κ1) is 17.1. The summed E-state index contributed by atoms with van der Waals surface area (Å²) in [5.41, 5.74) is 2.40. The summed E-state index contributed by atoms with van der Waals surface area (Å²) in [6, 6.07) is 17.8. The Bertz CT molecular complexity index is 607. The molecule has 23 heavy (non-hydrogen) atoms. The van der Waals surface area contributed by atoms with Crippen LogP contribution in [0.25, 0.3) is 0 Å². The van der Waals surface area contributed by atoms with E-state index in [4.69, 9.17) is 4.74 Å². The molecule has 1 N–H and O–H groups in total. The Labute approximate surface area is 138 Å². The Morgan fingerprint density at radius 2 is 1.70 bits per heavy atom. The molecule has 0 unspecified atom stereocenters. The van der Waals surface area contributed by atoms with Crippen LogP contribution in [0.15, 0.2) is 54.6 Å². The zero-order valence-electron chi connectivity index (χ0n) is 14.1. The van der Waals surface area contributed by atoms with Crippen LogP contribution in [0.1, 0.15) is 44.4 Å². The van der Waals surface area contributed by atoms with Crippen molar-refractivity contribution in [2.75, 3.05) is 0 Å². The predicted octanol–water partition coefficient (Wildman–Crippen LogP) is 4.28. The van der Waals surface area contributed by atoms with E-state index in [9.17, 15) is 4.79 Å². The molecule has 0 aliphatic heterocycles. The zero-order valence-corrected chi connectivity index (χ0v) is 14.1. The number of nitrogens with one attached hydrogen (secondary N) is 1. The van der Waals surface area contributed by atoms with E-state index in [1.54, 1.807) is 0 Å². The van der Waals surface area contributed by atoms with E-state index in [0.29, 0.717) is 6.42 Å². The molecule has 0 fully saturated rings. The van der Waals surface area contributed by atoms with E-state index < -0.39 is 6.10 Å². The van der Waals surface area contributed by atoms with Gasteiger partial charge in [0.2, 0.25) is 0 Å². The van der Waals surface area contributed by atoms with Crippen LogP contribution in [0.5, 0.6) is 5.75 Å². The Morgan fingerprint density at radius 1 is 1.04 bits per heavy atom. The Morgan fingerprint density at radius 3 is 2.26 bits per heavy atom. The number of carbonyl (C=O) groups excluding carboxylic acids is 1. The number of rotatable bonds is 7. The first-order valence-electron chi connectivity index (χ1n) is 8.25. The monoisotopic (exact) mass is 311 g/mol. The van der Waals surface area contributed by atoms with Crippen molar-refractivity contribution in [3.63, 3.8) is 0 Å². The third-order valence-corrected chi connectivity index (χ3v) is 3.93. The average Bonchev–Trinajstić information content (AvgIpc) is 2.60. The zero-order chi connectivity index (χ0) is 16.7. The largest absolute Gasteiger partial charge is 0.481 e. The van der Waals surface area contributed by atoms with Crippen LogP contribution in [0.3, 0.4) is 0 Å². The number of hydrogen-bond donors (Lipinski definition) is 1. The first-order chi connectivity index (χ1) is 11.1. The number of amides is 1. The summed E-state index contributed by atoms with van der Waals surface area (Å²) < 4.78 is 5.79. The summed E-state index contributed by atoms with van der Waals surface area (Å²) in [6.07, 6.45) is 1.17. The fourth-order valence-electron chi connectivity index (χ4n) is 2.42. The van der Waals surface area contributed by atoms with Crippen molar-refractivity contribution in [2.45, 2.75) is 45.8 Å². The van der Waals surface area contributed by atoms with E-state index >= 15 is 0 Å². The molecule has 2 atom stereocenters. The Kier molecular flexibility index (Phi) is 6.21. The smallest absolute Gasteiger partial charge is 0.261 e. The molecule has 0 radical (unpaired) electrons. The van der Waals surface area contributed by atoms with Gasteiger partial charge in [-0.15, -0.1) is 0 Å². The van der Waals surface area contributed by atoms with Gasteiger partial charge in [-0.05, 0) is 43.0 Å². The predicted molar refractivity (Wildman–Crippen MR) is 93.5 cm³/mol. The van der Waals surface area contributed by atoms with Crippen molar-refractivity contribution in [3.05, 3.63) is 65.7 Å². The molecule has 1 amide bonds. The highest BCUT2D eigenvalue weighted by Crippen LogP contribution is 2.16. The number of ether oxygens (including phenoxy) is 1. The molecule has 2 aromatic carbocycles. The lowest BCUT2D eigenvalue weighted by molar-refractivity contribution is -0.128. The highest BCUT2D eigenvalue weighted by atomic mass is 16.5. The Hall–Kier alpha value is -2.29. The fourth-order valence-corrected chi connectivity index (χ4v) is 2.42. The molecule has 0 saturated heterocycles. The van der Waals surface area contributed by atoms with Gasteiger partial charge in [0.25, 0.3) is 5.91 Å². The van der Waals surface area contributed by atoms with Gasteiger partial charge in [0.15, 0.2) is 6.10 Å². The van der Waals surface area contributed by atoms with E-state index in [2.05, 4.69) is 36.5 Å². The lowest BCUT2D eigenvalue weighted by Gasteiger charge is -2.21. The van der Waals surface area contributed by atoms with E-state index in [0.717, 1.165) is 17.7 Å². The van der Waals surface area contributed by atoms with Crippen molar-refractivity contribution >= 4 is 5.91 Å². The molecule has 0 saturated carbocycles. The molecule has 0 bridgehead atoms. The second-order valence-electron chi connectivity index (χ2n) is 5.65. The number of hydrogen-bond acceptors (Lipinski definition) is 2. The second-order valence-corrected chi connectivity index (χ2v) is 5.65. The number of benzene rings is 2. The number of para-hydroxylation sites is 1. The van der Waals surface area contributed by atoms with Crippen molar-refractivity contribution in [3.8, 4) is 5.75 Å². The minimum Gasteiger partial charge on any atom is -0.481 e. The van der Waals surface area contributed by atoms with Crippen molar-refractivity contribution < 1.29 is 9.53 Å². The lowest BCUT2D eigenvalue weighted by atomic mass is 10.0. The summed E-state index contributed by atoms with van der Waals surface area (Å²) in [7, 11) is 0. The molecule has 0 spiro atoms. The molecule has 0 aromatic heterocycles. The lowest BCUT2D eigenvalue weighted by Crippen LogP contribution is -2.39. The SMILES string of the molecule is CCc1ccc([C@@H](C)NC(=O)[C@H](CC)Oc2ccccc2)cc1. The maximum absolute atomic E-state index is 12.4. The van der Waals surface area contributed by atoms with Gasteiger partial charge in [-0.2, -0.15) is 0 Å². The minimum absolute atomic E-state index is 0.0400. The topological polar surface area (TPSA) is 38.3 Å². The average molecular weight is 311 g/mol. The third kappa shape index (κ3) is 4.85. The quantitative estimate of drug-likeness (QED) is 0.828. The molecule has 0 aliphatic carbocycles. The molecule has 3 heteroatoms. The van der Waals surface area contributed by atoms with Gasteiger partial charge in [-0.1, -0.05) is 56.3 Å². The molecule has 0 heterocycles. The summed E-state index contributed by atoms with van der Waals surface area (Å²) in [5.74, 6) is 0.637. The van der Waals surface area contributed by atoms with Crippen LogP contribution in [-0.2, 0) is 11.2 Å². The highest BCUT2D eigenvalue weighted by Gasteiger charge is 2.20. The van der Waals surface area contributed by atoms with E-state index in [1.165, 1.54) is 5.56 Å². The molecule has 2 aromatic rings. The van der Waals surface area contributed by atoms with Gasteiger partial charge in [0.1, 0.15) is 5.75 Å². The Balaban J connectivity index is 1.97. The van der Waals surface area contributed by atoms with Gasteiger partial charge in [0.05, 0.1) is 6.04 Å². The van der Waals surface area contributed by atoms with Gasteiger partial charge in [-0.3, -0.25) is 4.79 Å². The van der Waals surface area contributed by atoms with Crippen molar-refractivity contribution in [2.24, 2.45) is 0 Å². The summed E-state index contributed by atoms with van der Waals surface area (Å²) in [4.78, 5) is 12.4. The van der Waals surface area contributed by atoms with Crippen LogP contribution in [-0.4, -0.2) is 12.0 Å².